The molecule has 4 heteroatoms. The van der Waals surface area contributed by atoms with Crippen LogP contribution in [0.15, 0.2) is 24.3 Å². The monoisotopic (exact) mass is 207 g/mol. The molecule has 15 heavy (non-hydrogen) atoms. The van der Waals surface area contributed by atoms with Crippen molar-refractivity contribution < 1.29 is 14.3 Å². The zero-order valence-corrected chi connectivity index (χ0v) is 8.47. The first-order valence-electron chi connectivity index (χ1n) is 4.55. The molecule has 0 spiro atoms. The van der Waals surface area contributed by atoms with E-state index < -0.39 is 12.0 Å². The number of carbonyl (C=O) groups excluding carboxylic acids is 2. The lowest BCUT2D eigenvalue weighted by molar-refractivity contribution is -0.142. The maximum Gasteiger partial charge on any atom is 0.322 e. The summed E-state index contributed by atoms with van der Waals surface area (Å²) < 4.78 is 4.51. The van der Waals surface area contributed by atoms with Gasteiger partial charge in [0, 0.05) is 5.56 Å². The number of hydrogen-bond donors (Lipinski definition) is 1. The highest BCUT2D eigenvalue weighted by Gasteiger charge is 2.15. The quantitative estimate of drug-likeness (QED) is 0.578. The van der Waals surface area contributed by atoms with Crippen LogP contribution in [-0.2, 0) is 16.0 Å². The van der Waals surface area contributed by atoms with E-state index in [4.69, 9.17) is 5.73 Å². The van der Waals surface area contributed by atoms with E-state index >= 15 is 0 Å². The molecule has 0 aliphatic rings. The van der Waals surface area contributed by atoms with Crippen LogP contribution < -0.4 is 5.73 Å². The number of carbonyl (C=O) groups is 2. The van der Waals surface area contributed by atoms with E-state index in [1.54, 1.807) is 24.3 Å². The molecule has 4 nitrogen and oxygen atoms in total. The van der Waals surface area contributed by atoms with Crippen LogP contribution in [0.1, 0.15) is 15.9 Å². The third-order valence-corrected chi connectivity index (χ3v) is 2.13. The van der Waals surface area contributed by atoms with Gasteiger partial charge >= 0.3 is 5.97 Å². The molecular weight excluding hydrogens is 194 g/mol. The topological polar surface area (TPSA) is 69.4 Å². The van der Waals surface area contributed by atoms with Gasteiger partial charge in [-0.05, 0) is 12.0 Å². The molecule has 1 aromatic rings. The van der Waals surface area contributed by atoms with E-state index in [0.29, 0.717) is 12.0 Å². The van der Waals surface area contributed by atoms with Crippen molar-refractivity contribution in [2.24, 2.45) is 5.73 Å². The summed E-state index contributed by atoms with van der Waals surface area (Å²) in [6, 6.07) is 6.29. The first-order valence-corrected chi connectivity index (χ1v) is 4.55. The fourth-order valence-corrected chi connectivity index (χ4v) is 1.31. The fraction of sp³-hybridized carbons (Fsp3) is 0.273. The number of benzene rings is 1. The number of esters is 1. The highest BCUT2D eigenvalue weighted by Crippen LogP contribution is 2.08. The van der Waals surface area contributed by atoms with Crippen molar-refractivity contribution in [1.29, 1.82) is 0 Å². The van der Waals surface area contributed by atoms with Gasteiger partial charge in [-0.3, -0.25) is 9.59 Å². The van der Waals surface area contributed by atoms with Crippen molar-refractivity contribution in [3.8, 4) is 0 Å². The Balaban J connectivity index is 2.80. The number of aldehydes is 1. The molecule has 1 atom stereocenters. The molecule has 0 aliphatic carbocycles. The Morgan fingerprint density at radius 3 is 2.80 bits per heavy atom. The lowest BCUT2D eigenvalue weighted by atomic mass is 10.0. The molecule has 80 valence electrons. The largest absolute Gasteiger partial charge is 0.468 e. The van der Waals surface area contributed by atoms with Crippen molar-refractivity contribution >= 4 is 12.3 Å². The molecule has 0 amide bonds. The van der Waals surface area contributed by atoms with Crippen LogP contribution in [0.2, 0.25) is 0 Å². The molecule has 0 radical (unpaired) electrons. The Morgan fingerprint density at radius 1 is 1.53 bits per heavy atom. The van der Waals surface area contributed by atoms with Crippen LogP contribution in [0.25, 0.3) is 0 Å². The van der Waals surface area contributed by atoms with Crippen LogP contribution in [0, 0.1) is 0 Å². The molecule has 1 aromatic carbocycles. The van der Waals surface area contributed by atoms with E-state index in [1.807, 2.05) is 0 Å². The van der Waals surface area contributed by atoms with Crippen LogP contribution in [0.4, 0.5) is 0 Å². The normalized spacial score (nSPS) is 11.9. The summed E-state index contributed by atoms with van der Waals surface area (Å²) in [5, 5.41) is 0. The minimum Gasteiger partial charge on any atom is -0.468 e. The second-order valence-electron chi connectivity index (χ2n) is 3.15. The van der Waals surface area contributed by atoms with Gasteiger partial charge < -0.3 is 10.5 Å². The molecule has 0 unspecified atom stereocenters. The van der Waals surface area contributed by atoms with Gasteiger partial charge in [-0.1, -0.05) is 24.3 Å². The lowest BCUT2D eigenvalue weighted by Crippen LogP contribution is -2.33. The molecular formula is C11H13NO3. The van der Waals surface area contributed by atoms with Gasteiger partial charge in [-0.25, -0.2) is 0 Å². The van der Waals surface area contributed by atoms with E-state index in [-0.39, 0.29) is 0 Å². The van der Waals surface area contributed by atoms with Crippen molar-refractivity contribution in [3.05, 3.63) is 35.4 Å². The van der Waals surface area contributed by atoms with Gasteiger partial charge in [0.15, 0.2) is 0 Å². The van der Waals surface area contributed by atoms with Crippen LogP contribution >= 0.6 is 0 Å². The SMILES string of the molecule is COC(=O)[C@@H](N)Cc1ccccc1C=O. The summed E-state index contributed by atoms with van der Waals surface area (Å²) in [4.78, 5) is 21.8. The Morgan fingerprint density at radius 2 is 2.20 bits per heavy atom. The Hall–Kier alpha value is -1.68. The van der Waals surface area contributed by atoms with Gasteiger partial charge in [-0.15, -0.1) is 0 Å². The van der Waals surface area contributed by atoms with E-state index in [2.05, 4.69) is 4.74 Å². The minimum atomic E-state index is -0.726. The molecule has 0 heterocycles. The highest BCUT2D eigenvalue weighted by molar-refractivity contribution is 5.79. The summed E-state index contributed by atoms with van der Waals surface area (Å²) in [7, 11) is 1.29. The van der Waals surface area contributed by atoms with Gasteiger partial charge in [0.05, 0.1) is 7.11 Å². The first kappa shape index (κ1) is 11.4. The van der Waals surface area contributed by atoms with Gasteiger partial charge in [0.1, 0.15) is 12.3 Å². The minimum absolute atomic E-state index is 0.307. The van der Waals surface area contributed by atoms with Gasteiger partial charge in [0.2, 0.25) is 0 Å². The molecule has 2 N–H and O–H groups in total. The predicted molar refractivity (Wildman–Crippen MR) is 55.5 cm³/mol. The van der Waals surface area contributed by atoms with Crippen LogP contribution in [0.5, 0.6) is 0 Å². The Kier molecular flexibility index (Phi) is 4.00. The number of ether oxygens (including phenoxy) is 1. The highest BCUT2D eigenvalue weighted by atomic mass is 16.5. The number of methoxy groups -OCH3 is 1. The molecule has 0 bridgehead atoms. The van der Waals surface area contributed by atoms with E-state index in [9.17, 15) is 9.59 Å². The summed E-state index contributed by atoms with van der Waals surface area (Å²) in [6.07, 6.45) is 1.06. The van der Waals surface area contributed by atoms with Gasteiger partial charge in [0.25, 0.3) is 0 Å². The predicted octanol–water partition coefficient (Wildman–Crippen LogP) is 0.542. The van der Waals surface area contributed by atoms with E-state index in [0.717, 1.165) is 11.8 Å². The fourth-order valence-electron chi connectivity index (χ4n) is 1.31. The molecule has 0 aromatic heterocycles. The van der Waals surface area contributed by atoms with Crippen molar-refractivity contribution in [3.63, 3.8) is 0 Å². The maximum absolute atomic E-state index is 11.1. The number of rotatable bonds is 4. The summed E-state index contributed by atoms with van der Waals surface area (Å²) in [5.41, 5.74) is 6.90. The molecule has 0 saturated heterocycles. The lowest BCUT2D eigenvalue weighted by Gasteiger charge is -2.10. The average Bonchev–Trinajstić information content (AvgIpc) is 2.28. The average molecular weight is 207 g/mol. The number of hydrogen-bond acceptors (Lipinski definition) is 4. The Labute approximate surface area is 88.0 Å². The molecule has 1 rings (SSSR count). The van der Waals surface area contributed by atoms with Crippen LogP contribution in [0.3, 0.4) is 0 Å². The standard InChI is InChI=1S/C11H13NO3/c1-15-11(14)10(12)6-8-4-2-3-5-9(8)7-13/h2-5,7,10H,6,12H2,1H3/t10-/m0/s1. The second-order valence-corrected chi connectivity index (χ2v) is 3.15. The third kappa shape index (κ3) is 2.89. The zero-order valence-electron chi connectivity index (χ0n) is 8.47. The summed E-state index contributed by atoms with van der Waals surface area (Å²) in [6.45, 7) is 0. The second kappa shape index (κ2) is 5.26. The summed E-state index contributed by atoms with van der Waals surface area (Å²) >= 11 is 0. The van der Waals surface area contributed by atoms with Crippen molar-refractivity contribution in [2.75, 3.05) is 7.11 Å². The zero-order chi connectivity index (χ0) is 11.3. The molecule has 0 saturated carbocycles. The molecule has 0 fully saturated rings. The van der Waals surface area contributed by atoms with Crippen molar-refractivity contribution in [2.45, 2.75) is 12.5 Å². The maximum atomic E-state index is 11.1. The van der Waals surface area contributed by atoms with Crippen molar-refractivity contribution in [1.82, 2.24) is 0 Å². The van der Waals surface area contributed by atoms with Gasteiger partial charge in [-0.2, -0.15) is 0 Å². The third-order valence-electron chi connectivity index (χ3n) is 2.13. The van der Waals surface area contributed by atoms with Crippen LogP contribution in [-0.4, -0.2) is 25.4 Å². The first-order chi connectivity index (χ1) is 7.19. The summed E-state index contributed by atoms with van der Waals surface area (Å²) in [5.74, 6) is -0.476. The van der Waals surface area contributed by atoms with E-state index in [1.165, 1.54) is 7.11 Å². The number of nitrogens with two attached hydrogens (primary N) is 1. The smallest absolute Gasteiger partial charge is 0.322 e. The molecule has 0 aliphatic heterocycles. The Bertz CT molecular complexity index is 363.